The lowest BCUT2D eigenvalue weighted by Crippen LogP contribution is -2.34. The third-order valence-electron chi connectivity index (χ3n) is 7.37. The van der Waals surface area contributed by atoms with Crippen molar-refractivity contribution in [2.75, 3.05) is 4.90 Å². The molecule has 5 nitrogen and oxygen atoms in total. The molecule has 2 amide bonds. The van der Waals surface area contributed by atoms with Crippen LogP contribution in [0.5, 0.6) is 0 Å². The molecule has 3 aromatic carbocycles. The van der Waals surface area contributed by atoms with Gasteiger partial charge in [-0.2, -0.15) is 0 Å². The van der Waals surface area contributed by atoms with E-state index in [1.807, 2.05) is 66.7 Å². The van der Waals surface area contributed by atoms with Crippen molar-refractivity contribution in [1.29, 1.82) is 0 Å². The van der Waals surface area contributed by atoms with E-state index in [1.54, 1.807) is 26.0 Å². The van der Waals surface area contributed by atoms with Gasteiger partial charge in [0.2, 0.25) is 11.8 Å². The Labute approximate surface area is 219 Å². The lowest BCUT2D eigenvalue weighted by atomic mass is 9.74. The van der Waals surface area contributed by atoms with Crippen LogP contribution in [0.1, 0.15) is 57.1 Å². The number of ether oxygens (including phenoxy) is 1. The molecule has 3 unspecified atom stereocenters. The quantitative estimate of drug-likeness (QED) is 0.236. The molecule has 5 heteroatoms. The molecule has 1 aliphatic heterocycles. The molecule has 0 N–H and O–H groups in total. The van der Waals surface area contributed by atoms with E-state index in [-0.39, 0.29) is 36.7 Å². The molecule has 0 aliphatic carbocycles. The molecule has 3 atom stereocenters. The summed E-state index contributed by atoms with van der Waals surface area (Å²) in [6.45, 7) is 5.88. The van der Waals surface area contributed by atoms with Crippen molar-refractivity contribution < 1.29 is 19.1 Å². The molecule has 0 bridgehead atoms. The van der Waals surface area contributed by atoms with Gasteiger partial charge in [-0.3, -0.25) is 19.3 Å². The summed E-state index contributed by atoms with van der Waals surface area (Å²) in [5.41, 5.74) is 1.70. The van der Waals surface area contributed by atoms with Crippen LogP contribution in [0.3, 0.4) is 0 Å². The number of amides is 2. The van der Waals surface area contributed by atoms with Gasteiger partial charge < -0.3 is 4.74 Å². The van der Waals surface area contributed by atoms with Crippen LogP contribution in [0.4, 0.5) is 5.69 Å². The van der Waals surface area contributed by atoms with Crippen LogP contribution in [0, 0.1) is 17.3 Å². The topological polar surface area (TPSA) is 63.7 Å². The zero-order valence-electron chi connectivity index (χ0n) is 21.8. The van der Waals surface area contributed by atoms with Gasteiger partial charge in [-0.15, -0.1) is 0 Å². The second kappa shape index (κ2) is 11.5. The number of anilines is 1. The maximum atomic E-state index is 13.8. The number of esters is 1. The van der Waals surface area contributed by atoms with Crippen molar-refractivity contribution in [3.8, 4) is 0 Å². The summed E-state index contributed by atoms with van der Waals surface area (Å²) >= 11 is 0. The molecule has 1 heterocycles. The maximum Gasteiger partial charge on any atom is 0.311 e. The van der Waals surface area contributed by atoms with Crippen molar-refractivity contribution in [3.63, 3.8) is 0 Å². The molecule has 3 aromatic rings. The predicted molar refractivity (Wildman–Crippen MR) is 145 cm³/mol. The smallest absolute Gasteiger partial charge is 0.311 e. The first-order valence-corrected chi connectivity index (χ1v) is 13.0. The minimum Gasteiger partial charge on any atom is -0.460 e. The monoisotopic (exact) mass is 497 g/mol. The summed E-state index contributed by atoms with van der Waals surface area (Å²) in [6, 6.07) is 28.7. The standard InChI is InChI=1S/C32H35NO4/c1-4-24(25-16-10-6-11-17-25)20-27-28(30(35)33(29(27)34)26-18-12-7-13-19-26)21-32(2,3)31(36)37-22-23-14-8-5-9-15-23/h5-19,24,27-28H,4,20-22H2,1-3H3. The third-order valence-corrected chi connectivity index (χ3v) is 7.37. The number of rotatable bonds is 10. The van der Waals surface area contributed by atoms with E-state index in [9.17, 15) is 14.4 Å². The highest BCUT2D eigenvalue weighted by Crippen LogP contribution is 2.43. The predicted octanol–water partition coefficient (Wildman–Crippen LogP) is 6.54. The first-order valence-electron chi connectivity index (χ1n) is 13.0. The summed E-state index contributed by atoms with van der Waals surface area (Å²) in [5.74, 6) is -1.79. The zero-order chi connectivity index (χ0) is 26.4. The molecule has 1 fully saturated rings. The van der Waals surface area contributed by atoms with Crippen LogP contribution in [-0.2, 0) is 25.7 Å². The fourth-order valence-corrected chi connectivity index (χ4v) is 5.23. The van der Waals surface area contributed by atoms with Crippen LogP contribution in [0.25, 0.3) is 0 Å². The molecule has 0 radical (unpaired) electrons. The number of hydrogen-bond donors (Lipinski definition) is 0. The highest BCUT2D eigenvalue weighted by atomic mass is 16.5. The average Bonchev–Trinajstić information content (AvgIpc) is 3.15. The molecule has 4 rings (SSSR count). The van der Waals surface area contributed by atoms with Crippen LogP contribution in [-0.4, -0.2) is 17.8 Å². The van der Waals surface area contributed by atoms with E-state index in [0.717, 1.165) is 17.5 Å². The number of hydrogen-bond acceptors (Lipinski definition) is 4. The molecule has 0 spiro atoms. The summed E-state index contributed by atoms with van der Waals surface area (Å²) in [6.07, 6.45) is 1.64. The average molecular weight is 498 g/mol. The Morgan fingerprint density at radius 3 is 1.97 bits per heavy atom. The van der Waals surface area contributed by atoms with E-state index in [4.69, 9.17) is 4.74 Å². The molecular weight excluding hydrogens is 462 g/mol. The van der Waals surface area contributed by atoms with E-state index >= 15 is 0 Å². The Bertz CT molecular complexity index is 1210. The first kappa shape index (κ1) is 26.3. The van der Waals surface area contributed by atoms with Gasteiger partial charge in [-0.1, -0.05) is 85.8 Å². The van der Waals surface area contributed by atoms with E-state index in [2.05, 4.69) is 19.1 Å². The van der Waals surface area contributed by atoms with Crippen LogP contribution >= 0.6 is 0 Å². The van der Waals surface area contributed by atoms with E-state index in [0.29, 0.717) is 12.1 Å². The SMILES string of the molecule is CCC(CC1C(=O)N(c2ccccc2)C(=O)C1CC(C)(C)C(=O)OCc1ccccc1)c1ccccc1. The highest BCUT2D eigenvalue weighted by Gasteiger charge is 2.51. The number of carbonyl (C=O) groups excluding carboxylic acids is 3. The minimum absolute atomic E-state index is 0.134. The van der Waals surface area contributed by atoms with Gasteiger partial charge in [-0.25, -0.2) is 0 Å². The molecule has 0 aromatic heterocycles. The van der Waals surface area contributed by atoms with Gasteiger partial charge in [0.05, 0.1) is 22.9 Å². The van der Waals surface area contributed by atoms with Crippen LogP contribution < -0.4 is 4.90 Å². The number of para-hydroxylation sites is 1. The molecule has 0 saturated carbocycles. The highest BCUT2D eigenvalue weighted by molar-refractivity contribution is 6.22. The van der Waals surface area contributed by atoms with E-state index in [1.165, 1.54) is 4.90 Å². The second-order valence-electron chi connectivity index (χ2n) is 10.5. The van der Waals surface area contributed by atoms with Crippen LogP contribution in [0.15, 0.2) is 91.0 Å². The Morgan fingerprint density at radius 1 is 0.838 bits per heavy atom. The normalized spacial score (nSPS) is 18.6. The van der Waals surface area contributed by atoms with Crippen molar-refractivity contribution in [2.45, 2.75) is 52.6 Å². The fraction of sp³-hybridized carbons (Fsp3) is 0.344. The lowest BCUT2D eigenvalue weighted by molar-refractivity contribution is -0.157. The lowest BCUT2D eigenvalue weighted by Gasteiger charge is -2.28. The van der Waals surface area contributed by atoms with Crippen molar-refractivity contribution in [1.82, 2.24) is 0 Å². The summed E-state index contributed by atoms with van der Waals surface area (Å²) in [5, 5.41) is 0. The molecular formula is C32H35NO4. The van der Waals surface area contributed by atoms with E-state index < -0.39 is 17.3 Å². The van der Waals surface area contributed by atoms with Gasteiger partial charge in [0.15, 0.2) is 0 Å². The summed E-state index contributed by atoms with van der Waals surface area (Å²) in [4.78, 5) is 42.0. The number of nitrogens with zero attached hydrogens (tertiary/aromatic N) is 1. The molecule has 192 valence electrons. The maximum absolute atomic E-state index is 13.8. The molecule has 1 saturated heterocycles. The molecule has 1 aliphatic rings. The third kappa shape index (κ3) is 5.99. The molecule has 37 heavy (non-hydrogen) atoms. The van der Waals surface area contributed by atoms with Gasteiger partial charge in [0.1, 0.15) is 6.61 Å². The largest absolute Gasteiger partial charge is 0.460 e. The first-order chi connectivity index (χ1) is 17.8. The second-order valence-corrected chi connectivity index (χ2v) is 10.5. The fourth-order valence-electron chi connectivity index (χ4n) is 5.23. The Hall–Kier alpha value is -3.73. The summed E-state index contributed by atoms with van der Waals surface area (Å²) < 4.78 is 5.63. The van der Waals surface area contributed by atoms with Gasteiger partial charge in [0.25, 0.3) is 0 Å². The number of carbonyl (C=O) groups is 3. The van der Waals surface area contributed by atoms with Crippen molar-refractivity contribution in [2.24, 2.45) is 17.3 Å². The zero-order valence-corrected chi connectivity index (χ0v) is 21.8. The van der Waals surface area contributed by atoms with Crippen LogP contribution in [0.2, 0.25) is 0 Å². The van der Waals surface area contributed by atoms with Gasteiger partial charge in [0, 0.05) is 0 Å². The number of imide groups is 1. The Kier molecular flexibility index (Phi) is 8.22. The Morgan fingerprint density at radius 2 is 1.38 bits per heavy atom. The Balaban J connectivity index is 1.58. The number of benzene rings is 3. The van der Waals surface area contributed by atoms with Crippen molar-refractivity contribution >= 4 is 23.5 Å². The van der Waals surface area contributed by atoms with Gasteiger partial charge >= 0.3 is 5.97 Å². The van der Waals surface area contributed by atoms with Gasteiger partial charge in [-0.05, 0) is 62.3 Å². The summed E-state index contributed by atoms with van der Waals surface area (Å²) in [7, 11) is 0. The minimum atomic E-state index is -0.936. The van der Waals surface area contributed by atoms with Crippen molar-refractivity contribution in [3.05, 3.63) is 102 Å².